The fourth-order valence-corrected chi connectivity index (χ4v) is 2.25. The third-order valence-electron chi connectivity index (χ3n) is 3.19. The molecule has 1 N–H and O–H groups in total. The van der Waals surface area contributed by atoms with E-state index >= 15 is 0 Å². The number of aromatic amines is 1. The number of H-pyrrole nitrogens is 1. The molecule has 4 rings (SSSR count). The van der Waals surface area contributed by atoms with E-state index in [4.69, 9.17) is 4.74 Å². The highest BCUT2D eigenvalue weighted by molar-refractivity contribution is 5.81. The monoisotopic (exact) mass is 280 g/mol. The van der Waals surface area contributed by atoms with E-state index < -0.39 is 0 Å². The van der Waals surface area contributed by atoms with Crippen molar-refractivity contribution in [2.24, 2.45) is 0 Å². The first-order valence-electron chi connectivity index (χ1n) is 6.62. The van der Waals surface area contributed by atoms with E-state index in [9.17, 15) is 0 Å². The third kappa shape index (κ3) is 1.90. The smallest absolute Gasteiger partial charge is 0.215 e. The predicted octanol–water partition coefficient (Wildman–Crippen LogP) is 2.07. The molecule has 0 spiro atoms. The molecule has 0 bridgehead atoms. The molecule has 0 aliphatic rings. The number of aromatic nitrogens is 6. The molecule has 4 aromatic heterocycles. The molecule has 0 atom stereocenters. The maximum absolute atomic E-state index is 5.39. The summed E-state index contributed by atoms with van der Waals surface area (Å²) in [6, 6.07) is 3.74. The van der Waals surface area contributed by atoms with Gasteiger partial charge in [0.25, 0.3) is 0 Å². The summed E-state index contributed by atoms with van der Waals surface area (Å²) in [5.41, 5.74) is 3.26. The zero-order valence-corrected chi connectivity index (χ0v) is 11.3. The quantitative estimate of drug-likeness (QED) is 0.621. The summed E-state index contributed by atoms with van der Waals surface area (Å²) in [4.78, 5) is 16.3. The fourth-order valence-electron chi connectivity index (χ4n) is 2.25. The second kappa shape index (κ2) is 4.55. The van der Waals surface area contributed by atoms with Gasteiger partial charge in [-0.3, -0.25) is 4.98 Å². The Morgan fingerprint density at radius 2 is 2.19 bits per heavy atom. The molecule has 0 aliphatic heterocycles. The molecule has 7 heteroatoms. The van der Waals surface area contributed by atoms with E-state index in [1.54, 1.807) is 29.3 Å². The van der Waals surface area contributed by atoms with Crippen LogP contribution in [0.3, 0.4) is 0 Å². The molecule has 0 fully saturated rings. The highest BCUT2D eigenvalue weighted by atomic mass is 16.5. The first-order chi connectivity index (χ1) is 10.3. The van der Waals surface area contributed by atoms with Crippen LogP contribution in [0.2, 0.25) is 0 Å². The number of fused-ring (bicyclic) bond motifs is 2. The Hall–Kier alpha value is -2.96. The minimum Gasteiger partial charge on any atom is -0.478 e. The van der Waals surface area contributed by atoms with Gasteiger partial charge >= 0.3 is 0 Å². The molecule has 4 heterocycles. The van der Waals surface area contributed by atoms with Gasteiger partial charge in [0, 0.05) is 18.5 Å². The van der Waals surface area contributed by atoms with Crippen LogP contribution in [0.1, 0.15) is 6.92 Å². The molecule has 4 aromatic rings. The van der Waals surface area contributed by atoms with Crippen molar-refractivity contribution in [3.05, 3.63) is 36.9 Å². The molecule has 0 aliphatic carbocycles. The fraction of sp³-hybridized carbons (Fsp3) is 0.143. The Labute approximate surface area is 119 Å². The van der Waals surface area contributed by atoms with Gasteiger partial charge in [0.1, 0.15) is 5.82 Å². The summed E-state index contributed by atoms with van der Waals surface area (Å²) >= 11 is 0. The Morgan fingerprint density at radius 1 is 1.24 bits per heavy atom. The van der Waals surface area contributed by atoms with Crippen LogP contribution in [0.25, 0.3) is 28.1 Å². The lowest BCUT2D eigenvalue weighted by molar-refractivity contribution is 0.328. The van der Waals surface area contributed by atoms with E-state index in [1.807, 2.05) is 19.1 Å². The molecule has 21 heavy (non-hydrogen) atoms. The van der Waals surface area contributed by atoms with E-state index in [1.165, 1.54) is 0 Å². The van der Waals surface area contributed by atoms with Gasteiger partial charge in [-0.1, -0.05) is 0 Å². The lowest BCUT2D eigenvalue weighted by atomic mass is 10.3. The lowest BCUT2D eigenvalue weighted by Crippen LogP contribution is -1.93. The van der Waals surface area contributed by atoms with Crippen LogP contribution in [0.4, 0.5) is 0 Å². The number of rotatable bonds is 3. The topological polar surface area (TPSA) is 81.0 Å². The Balaban J connectivity index is 1.86. The van der Waals surface area contributed by atoms with Gasteiger partial charge in [-0.15, -0.1) is 0 Å². The average Bonchev–Trinajstić information content (AvgIpc) is 3.10. The van der Waals surface area contributed by atoms with Crippen LogP contribution in [-0.4, -0.2) is 36.2 Å². The van der Waals surface area contributed by atoms with Crippen molar-refractivity contribution in [2.45, 2.75) is 6.92 Å². The van der Waals surface area contributed by atoms with E-state index in [-0.39, 0.29) is 0 Å². The van der Waals surface area contributed by atoms with Crippen LogP contribution in [0.5, 0.6) is 5.88 Å². The van der Waals surface area contributed by atoms with Crippen molar-refractivity contribution in [3.8, 4) is 17.3 Å². The summed E-state index contributed by atoms with van der Waals surface area (Å²) in [5, 5.41) is 4.28. The van der Waals surface area contributed by atoms with Crippen LogP contribution in [0, 0.1) is 0 Å². The Bertz CT molecular complexity index is 925. The van der Waals surface area contributed by atoms with Gasteiger partial charge in [-0.25, -0.2) is 9.50 Å². The molecule has 7 nitrogen and oxygen atoms in total. The second-order valence-corrected chi connectivity index (χ2v) is 4.50. The van der Waals surface area contributed by atoms with Gasteiger partial charge in [-0.2, -0.15) is 10.1 Å². The molecular formula is C14H12N6O. The van der Waals surface area contributed by atoms with Gasteiger partial charge < -0.3 is 9.72 Å². The average molecular weight is 280 g/mol. The molecule has 0 aromatic carbocycles. The maximum Gasteiger partial charge on any atom is 0.215 e. The molecule has 0 saturated heterocycles. The number of imidazole rings is 1. The van der Waals surface area contributed by atoms with Crippen LogP contribution >= 0.6 is 0 Å². The number of ether oxygens (including phenoxy) is 1. The highest BCUT2D eigenvalue weighted by Gasteiger charge is 2.12. The summed E-state index contributed by atoms with van der Waals surface area (Å²) in [6.45, 7) is 2.50. The molecule has 0 radical (unpaired) electrons. The van der Waals surface area contributed by atoms with E-state index in [0.717, 1.165) is 16.6 Å². The van der Waals surface area contributed by atoms with Crippen molar-refractivity contribution in [1.82, 2.24) is 29.5 Å². The summed E-state index contributed by atoms with van der Waals surface area (Å²) in [6.07, 6.45) is 7.01. The number of hydrogen-bond donors (Lipinski definition) is 1. The summed E-state index contributed by atoms with van der Waals surface area (Å²) in [7, 11) is 0. The highest BCUT2D eigenvalue weighted by Crippen LogP contribution is 2.24. The van der Waals surface area contributed by atoms with Crippen molar-refractivity contribution in [3.63, 3.8) is 0 Å². The van der Waals surface area contributed by atoms with Gasteiger partial charge in [0.2, 0.25) is 5.88 Å². The van der Waals surface area contributed by atoms with E-state index in [0.29, 0.717) is 24.0 Å². The van der Waals surface area contributed by atoms with E-state index in [2.05, 4.69) is 25.0 Å². The van der Waals surface area contributed by atoms with Crippen LogP contribution in [0.15, 0.2) is 36.9 Å². The summed E-state index contributed by atoms with van der Waals surface area (Å²) in [5.74, 6) is 1.29. The van der Waals surface area contributed by atoms with Gasteiger partial charge in [-0.05, 0) is 13.0 Å². The third-order valence-corrected chi connectivity index (χ3v) is 3.19. The molecule has 0 amide bonds. The number of nitrogens with one attached hydrogen (secondary N) is 1. The van der Waals surface area contributed by atoms with Gasteiger partial charge in [0.05, 0.1) is 35.6 Å². The Kier molecular flexibility index (Phi) is 2.56. The number of nitrogens with zero attached hydrogens (tertiary/aromatic N) is 5. The zero-order chi connectivity index (χ0) is 14.2. The van der Waals surface area contributed by atoms with Crippen molar-refractivity contribution in [2.75, 3.05) is 6.61 Å². The predicted molar refractivity (Wildman–Crippen MR) is 77.0 cm³/mol. The number of pyridine rings is 1. The first-order valence-corrected chi connectivity index (χ1v) is 6.62. The molecule has 0 saturated carbocycles. The number of hydrogen-bond acceptors (Lipinski definition) is 5. The molecular weight excluding hydrogens is 268 g/mol. The maximum atomic E-state index is 5.39. The van der Waals surface area contributed by atoms with Crippen molar-refractivity contribution in [1.29, 1.82) is 0 Å². The molecule has 104 valence electrons. The van der Waals surface area contributed by atoms with Gasteiger partial charge in [0.15, 0.2) is 5.65 Å². The largest absolute Gasteiger partial charge is 0.478 e. The second-order valence-electron chi connectivity index (χ2n) is 4.50. The minimum atomic E-state index is 0.574. The summed E-state index contributed by atoms with van der Waals surface area (Å²) < 4.78 is 7.15. The van der Waals surface area contributed by atoms with Crippen molar-refractivity contribution >= 4 is 16.7 Å². The SMILES string of the molecule is CCOc1ccc2[nH]c(-c3cnn4ccncc34)nc2n1. The van der Waals surface area contributed by atoms with Crippen LogP contribution in [-0.2, 0) is 0 Å². The lowest BCUT2D eigenvalue weighted by Gasteiger charge is -1.99. The Morgan fingerprint density at radius 3 is 3.10 bits per heavy atom. The van der Waals surface area contributed by atoms with Crippen molar-refractivity contribution < 1.29 is 4.74 Å². The molecule has 0 unspecified atom stereocenters. The minimum absolute atomic E-state index is 0.574. The zero-order valence-electron chi connectivity index (χ0n) is 11.3. The first kappa shape index (κ1) is 11.8. The normalized spacial score (nSPS) is 11.3. The standard InChI is InChI=1S/C14H12N6O/c1-2-21-12-4-3-10-14(18-12)19-13(17-10)9-7-16-20-6-5-15-8-11(9)20/h3-8H,2H2,1H3,(H,17,18,19). The van der Waals surface area contributed by atoms with Crippen LogP contribution < -0.4 is 4.74 Å².